The molecule has 5 heteroatoms. The van der Waals surface area contributed by atoms with Gasteiger partial charge in [0.05, 0.1) is 0 Å². The average molecular weight is 325 g/mol. The Morgan fingerprint density at radius 2 is 1.84 bits per heavy atom. The summed E-state index contributed by atoms with van der Waals surface area (Å²) in [6.45, 7) is 2.50. The van der Waals surface area contributed by atoms with E-state index in [4.69, 9.17) is 0 Å². The number of phenolic OH excluding ortho intramolecular Hbond substituents is 1. The van der Waals surface area contributed by atoms with E-state index in [1.54, 1.807) is 18.3 Å². The van der Waals surface area contributed by atoms with E-state index >= 15 is 0 Å². The maximum absolute atomic E-state index is 11.3. The summed E-state index contributed by atoms with van der Waals surface area (Å²) >= 11 is 3.28. The molecule has 1 fully saturated rings. The number of fused-ring (bicyclic) bond motifs is 1. The van der Waals surface area contributed by atoms with Crippen molar-refractivity contribution in [2.75, 3.05) is 13.1 Å². The number of aromatic amines is 1. The highest BCUT2D eigenvalue weighted by atomic mass is 79.9. The van der Waals surface area contributed by atoms with E-state index < -0.39 is 0 Å². The molecule has 3 rings (SSSR count). The van der Waals surface area contributed by atoms with Crippen LogP contribution >= 0.6 is 15.9 Å². The van der Waals surface area contributed by atoms with E-state index in [9.17, 15) is 9.90 Å². The first-order chi connectivity index (χ1) is 9.18. The predicted octanol–water partition coefficient (Wildman–Crippen LogP) is 2.76. The summed E-state index contributed by atoms with van der Waals surface area (Å²) in [6.07, 6.45) is 5.77. The van der Waals surface area contributed by atoms with Crippen LogP contribution in [0.5, 0.6) is 5.75 Å². The quantitative estimate of drug-likeness (QED) is 0.698. The van der Waals surface area contributed by atoms with Gasteiger partial charge in [0, 0.05) is 21.4 Å². The third kappa shape index (κ3) is 3.81. The molecule has 1 saturated heterocycles. The molecule has 0 unspecified atom stereocenters. The first kappa shape index (κ1) is 14.1. The number of halogens is 1. The zero-order valence-electron chi connectivity index (χ0n) is 10.6. The molecule has 19 heavy (non-hydrogen) atoms. The van der Waals surface area contributed by atoms with E-state index in [1.165, 1.54) is 38.4 Å². The number of aromatic nitrogens is 1. The number of rotatable bonds is 0. The molecule has 0 atom stereocenters. The Labute approximate surface area is 120 Å². The molecule has 0 amide bonds. The molecule has 1 aromatic heterocycles. The molecule has 2 aromatic rings. The predicted molar refractivity (Wildman–Crippen MR) is 80.7 cm³/mol. The van der Waals surface area contributed by atoms with Gasteiger partial charge in [-0.25, -0.2) is 0 Å². The van der Waals surface area contributed by atoms with Gasteiger partial charge in [0.2, 0.25) is 0 Å². The number of aromatic hydroxyl groups is 1. The molecule has 4 nitrogen and oxygen atoms in total. The zero-order chi connectivity index (χ0) is 13.7. The average Bonchev–Trinajstić information content (AvgIpc) is 2.46. The van der Waals surface area contributed by atoms with Gasteiger partial charge in [-0.1, -0.05) is 6.42 Å². The van der Waals surface area contributed by atoms with Gasteiger partial charge in [-0.2, -0.15) is 0 Å². The Kier molecular flexibility index (Phi) is 4.99. The number of piperidine rings is 1. The highest BCUT2D eigenvalue weighted by Gasteiger charge is 2.02. The second-order valence-corrected chi connectivity index (χ2v) is 5.36. The highest BCUT2D eigenvalue weighted by Crippen LogP contribution is 2.23. The Morgan fingerprint density at radius 3 is 2.42 bits per heavy atom. The van der Waals surface area contributed by atoms with E-state index in [-0.39, 0.29) is 11.3 Å². The van der Waals surface area contributed by atoms with Gasteiger partial charge < -0.3 is 15.4 Å². The summed E-state index contributed by atoms with van der Waals surface area (Å²) < 4.78 is 0.762. The van der Waals surface area contributed by atoms with Gasteiger partial charge in [-0.3, -0.25) is 4.79 Å². The van der Waals surface area contributed by atoms with Gasteiger partial charge in [0.1, 0.15) is 5.75 Å². The Morgan fingerprint density at radius 1 is 1.11 bits per heavy atom. The normalized spacial score (nSPS) is 14.8. The lowest BCUT2D eigenvalue weighted by molar-refractivity contribution is 0.476. The smallest absolute Gasteiger partial charge is 0.255 e. The second kappa shape index (κ2) is 6.73. The van der Waals surface area contributed by atoms with Crippen LogP contribution in [0.3, 0.4) is 0 Å². The number of nitrogens with one attached hydrogen (secondary N) is 2. The maximum atomic E-state index is 11.3. The SMILES string of the molecule is C1CCNCC1.O=c1[nH]cc(Br)c2cc(O)ccc12. The van der Waals surface area contributed by atoms with Crippen LogP contribution < -0.4 is 10.9 Å². The lowest BCUT2D eigenvalue weighted by Crippen LogP contribution is -2.21. The minimum atomic E-state index is -0.154. The van der Waals surface area contributed by atoms with Gasteiger partial charge in [0.25, 0.3) is 5.56 Å². The third-order valence-corrected chi connectivity index (χ3v) is 3.70. The standard InChI is InChI=1S/C9H6BrNO2.C5H11N/c10-8-4-11-9(13)6-2-1-5(12)3-7(6)8;1-2-4-6-5-3-1/h1-4,12H,(H,11,13);6H,1-5H2. The monoisotopic (exact) mass is 324 g/mol. The number of hydrogen-bond donors (Lipinski definition) is 3. The minimum Gasteiger partial charge on any atom is -0.508 e. The number of H-pyrrole nitrogens is 1. The summed E-state index contributed by atoms with van der Waals surface area (Å²) in [5.74, 6) is 0.152. The lowest BCUT2D eigenvalue weighted by atomic mass is 10.2. The second-order valence-electron chi connectivity index (χ2n) is 4.51. The van der Waals surface area contributed by atoms with Crippen molar-refractivity contribution >= 4 is 26.7 Å². The zero-order valence-corrected chi connectivity index (χ0v) is 12.2. The highest BCUT2D eigenvalue weighted by molar-refractivity contribution is 9.10. The van der Waals surface area contributed by atoms with E-state index in [2.05, 4.69) is 26.2 Å². The topological polar surface area (TPSA) is 65.1 Å². The van der Waals surface area contributed by atoms with Gasteiger partial charge in [-0.05, 0) is 60.1 Å². The summed E-state index contributed by atoms with van der Waals surface area (Å²) in [6, 6.07) is 4.63. The molecule has 3 N–H and O–H groups in total. The van der Waals surface area contributed by atoms with Crippen LogP contribution in [0.25, 0.3) is 10.8 Å². The number of pyridine rings is 1. The van der Waals surface area contributed by atoms with Crippen molar-refractivity contribution in [1.82, 2.24) is 10.3 Å². The van der Waals surface area contributed by atoms with Crippen LogP contribution in [-0.2, 0) is 0 Å². The van der Waals surface area contributed by atoms with Gasteiger partial charge in [-0.15, -0.1) is 0 Å². The van der Waals surface area contributed by atoms with Crippen LogP contribution in [-0.4, -0.2) is 23.2 Å². The van der Waals surface area contributed by atoms with Crippen molar-refractivity contribution in [3.05, 3.63) is 39.2 Å². The van der Waals surface area contributed by atoms with Crippen molar-refractivity contribution in [3.8, 4) is 5.75 Å². The molecule has 0 spiro atoms. The molecule has 2 heterocycles. The van der Waals surface area contributed by atoms with Gasteiger partial charge in [0.15, 0.2) is 0 Å². The number of phenols is 1. The van der Waals surface area contributed by atoms with Crippen LogP contribution in [0, 0.1) is 0 Å². The van der Waals surface area contributed by atoms with Crippen LogP contribution in [0.2, 0.25) is 0 Å². The Hall–Kier alpha value is -1.33. The van der Waals surface area contributed by atoms with E-state index in [0.29, 0.717) is 10.8 Å². The molecule has 0 saturated carbocycles. The van der Waals surface area contributed by atoms with Crippen molar-refractivity contribution < 1.29 is 5.11 Å². The first-order valence-electron chi connectivity index (χ1n) is 6.39. The van der Waals surface area contributed by atoms with E-state index in [0.717, 1.165) is 4.47 Å². The van der Waals surface area contributed by atoms with Crippen LogP contribution in [0.15, 0.2) is 33.7 Å². The fourth-order valence-electron chi connectivity index (χ4n) is 2.01. The Bertz CT molecular complexity index is 594. The third-order valence-electron chi connectivity index (χ3n) is 3.04. The van der Waals surface area contributed by atoms with Gasteiger partial charge >= 0.3 is 0 Å². The molecular weight excluding hydrogens is 308 g/mol. The fourth-order valence-corrected chi connectivity index (χ4v) is 2.46. The van der Waals surface area contributed by atoms with Crippen molar-refractivity contribution in [2.45, 2.75) is 19.3 Å². The summed E-state index contributed by atoms with van der Waals surface area (Å²) in [7, 11) is 0. The molecule has 1 aromatic carbocycles. The summed E-state index contributed by atoms with van der Waals surface area (Å²) in [5.41, 5.74) is -0.154. The molecule has 1 aliphatic rings. The largest absolute Gasteiger partial charge is 0.508 e. The maximum Gasteiger partial charge on any atom is 0.255 e. The first-order valence-corrected chi connectivity index (χ1v) is 7.18. The number of hydrogen-bond acceptors (Lipinski definition) is 3. The molecule has 0 aliphatic carbocycles. The minimum absolute atomic E-state index is 0.152. The fraction of sp³-hybridized carbons (Fsp3) is 0.357. The molecular formula is C14H17BrN2O2. The van der Waals surface area contributed by atoms with Crippen molar-refractivity contribution in [2.24, 2.45) is 0 Å². The molecule has 0 bridgehead atoms. The molecule has 1 aliphatic heterocycles. The van der Waals surface area contributed by atoms with Crippen molar-refractivity contribution in [1.29, 1.82) is 0 Å². The molecule has 0 radical (unpaired) electrons. The van der Waals surface area contributed by atoms with Crippen molar-refractivity contribution in [3.63, 3.8) is 0 Å². The lowest BCUT2D eigenvalue weighted by Gasteiger charge is -2.08. The van der Waals surface area contributed by atoms with Crippen LogP contribution in [0.4, 0.5) is 0 Å². The summed E-state index contributed by atoms with van der Waals surface area (Å²) in [5, 5.41) is 13.8. The number of benzene rings is 1. The summed E-state index contributed by atoms with van der Waals surface area (Å²) in [4.78, 5) is 13.9. The molecule has 102 valence electrons. The van der Waals surface area contributed by atoms with Crippen LogP contribution in [0.1, 0.15) is 19.3 Å². The Balaban J connectivity index is 0.000000186. The van der Waals surface area contributed by atoms with E-state index in [1.807, 2.05) is 0 Å².